The molecule has 0 aliphatic carbocycles. The van der Waals surface area contributed by atoms with Crippen molar-refractivity contribution in [3.8, 4) is 0 Å². The van der Waals surface area contributed by atoms with Gasteiger partial charge in [0.1, 0.15) is 0 Å². The van der Waals surface area contributed by atoms with Crippen molar-refractivity contribution in [2.24, 2.45) is 0 Å². The van der Waals surface area contributed by atoms with E-state index in [1.54, 1.807) is 26.0 Å². The first-order valence-electron chi connectivity index (χ1n) is 6.12. The van der Waals surface area contributed by atoms with Crippen molar-refractivity contribution in [3.05, 3.63) is 34.9 Å². The zero-order chi connectivity index (χ0) is 14.4. The Labute approximate surface area is 111 Å². The fourth-order valence-corrected chi connectivity index (χ4v) is 1.87. The highest BCUT2D eigenvalue weighted by molar-refractivity contribution is 5.75. The number of rotatable bonds is 6. The quantitative estimate of drug-likeness (QED) is 0.764. The molecule has 104 valence electrons. The van der Waals surface area contributed by atoms with Crippen molar-refractivity contribution in [3.63, 3.8) is 0 Å². The Morgan fingerprint density at radius 3 is 2.63 bits per heavy atom. The topological polar surface area (TPSA) is 83.8 Å². The van der Waals surface area contributed by atoms with Crippen molar-refractivity contribution in [2.75, 3.05) is 6.61 Å². The number of aliphatic hydroxyl groups excluding tert-OH is 1. The highest BCUT2D eigenvalue weighted by atomic mass is 16.5. The molecule has 0 aliphatic heterocycles. The second kappa shape index (κ2) is 6.89. The highest BCUT2D eigenvalue weighted by Gasteiger charge is 2.19. The number of ether oxygens (including phenoxy) is 1. The number of hydrogen-bond acceptors (Lipinski definition) is 4. The minimum Gasteiger partial charge on any atom is -0.479 e. The summed E-state index contributed by atoms with van der Waals surface area (Å²) >= 11 is 0. The number of aryl methyl sites for hydroxylation is 1. The normalized spacial score (nSPS) is 11.9. The number of carbonyl (C=O) groups is 2. The smallest absolute Gasteiger partial charge is 0.337 e. The first kappa shape index (κ1) is 15.2. The van der Waals surface area contributed by atoms with Gasteiger partial charge in [-0.15, -0.1) is 0 Å². The zero-order valence-corrected chi connectivity index (χ0v) is 11.0. The molecule has 0 spiro atoms. The average molecular weight is 266 g/mol. The maximum atomic E-state index is 11.3. The minimum absolute atomic E-state index is 0.237. The molecular formula is C14H18O5. The maximum absolute atomic E-state index is 11.3. The molecule has 1 unspecified atom stereocenters. The molecule has 19 heavy (non-hydrogen) atoms. The maximum Gasteiger partial charge on any atom is 0.337 e. The van der Waals surface area contributed by atoms with Gasteiger partial charge in [0.25, 0.3) is 0 Å². The number of aliphatic hydroxyl groups is 1. The van der Waals surface area contributed by atoms with E-state index in [-0.39, 0.29) is 12.4 Å². The monoisotopic (exact) mass is 266 g/mol. The van der Waals surface area contributed by atoms with Crippen molar-refractivity contribution in [2.45, 2.75) is 32.8 Å². The summed E-state index contributed by atoms with van der Waals surface area (Å²) in [5.74, 6) is -1.57. The van der Waals surface area contributed by atoms with Gasteiger partial charge in [0.05, 0.1) is 6.61 Å². The summed E-state index contributed by atoms with van der Waals surface area (Å²) in [7, 11) is 0. The van der Waals surface area contributed by atoms with Crippen molar-refractivity contribution >= 4 is 11.9 Å². The first-order chi connectivity index (χ1) is 8.97. The third-order valence-electron chi connectivity index (χ3n) is 2.92. The summed E-state index contributed by atoms with van der Waals surface area (Å²) < 4.78 is 4.84. The van der Waals surface area contributed by atoms with E-state index in [1.165, 1.54) is 0 Å². The molecule has 0 aromatic heterocycles. The molecule has 1 rings (SSSR count). The number of aliphatic carboxylic acids is 1. The van der Waals surface area contributed by atoms with Crippen molar-refractivity contribution < 1.29 is 24.5 Å². The summed E-state index contributed by atoms with van der Waals surface area (Å²) in [5.41, 5.74) is 1.89. The van der Waals surface area contributed by atoms with Gasteiger partial charge < -0.3 is 14.9 Å². The predicted octanol–water partition coefficient (Wildman–Crippen LogP) is 1.61. The molecule has 0 heterocycles. The average Bonchev–Trinajstić information content (AvgIpc) is 2.37. The van der Waals surface area contributed by atoms with E-state index >= 15 is 0 Å². The summed E-state index contributed by atoms with van der Waals surface area (Å²) in [5, 5.41) is 18.4. The fraction of sp³-hybridized carbons (Fsp3) is 0.429. The van der Waals surface area contributed by atoms with E-state index in [1.807, 2.05) is 6.07 Å². The summed E-state index contributed by atoms with van der Waals surface area (Å²) in [6.45, 7) is 3.82. The van der Waals surface area contributed by atoms with Crippen LogP contribution in [0.25, 0.3) is 0 Å². The first-order valence-corrected chi connectivity index (χ1v) is 6.12. The van der Waals surface area contributed by atoms with E-state index in [9.17, 15) is 14.7 Å². The number of carboxylic acids is 1. The van der Waals surface area contributed by atoms with Crippen LogP contribution < -0.4 is 0 Å². The fourth-order valence-electron chi connectivity index (χ4n) is 1.87. The molecule has 1 aromatic carbocycles. The van der Waals surface area contributed by atoms with E-state index in [4.69, 9.17) is 9.84 Å². The third-order valence-corrected chi connectivity index (χ3v) is 2.92. The van der Waals surface area contributed by atoms with Crippen LogP contribution in [0.3, 0.4) is 0 Å². The number of esters is 1. The van der Waals surface area contributed by atoms with Gasteiger partial charge in [-0.1, -0.05) is 18.2 Å². The lowest BCUT2D eigenvalue weighted by Gasteiger charge is -2.13. The molecule has 0 amide bonds. The zero-order valence-electron chi connectivity index (χ0n) is 11.0. The summed E-state index contributed by atoms with van der Waals surface area (Å²) in [4.78, 5) is 22.1. The predicted molar refractivity (Wildman–Crippen MR) is 68.7 cm³/mol. The van der Waals surface area contributed by atoms with Gasteiger partial charge >= 0.3 is 11.9 Å². The van der Waals surface area contributed by atoms with Gasteiger partial charge in [0, 0.05) is 6.42 Å². The molecule has 0 fully saturated rings. The van der Waals surface area contributed by atoms with Gasteiger partial charge in [-0.05, 0) is 37.0 Å². The second-order valence-electron chi connectivity index (χ2n) is 4.18. The molecule has 1 atom stereocenters. The van der Waals surface area contributed by atoms with E-state index in [2.05, 4.69) is 0 Å². The lowest BCUT2D eigenvalue weighted by atomic mass is 9.96. The number of carbonyl (C=O) groups excluding carboxylic acids is 1. The Morgan fingerprint density at radius 2 is 2.05 bits per heavy atom. The Bertz CT molecular complexity index is 467. The van der Waals surface area contributed by atoms with Crippen LogP contribution in [0.15, 0.2) is 18.2 Å². The van der Waals surface area contributed by atoms with Crippen LogP contribution in [-0.2, 0) is 20.7 Å². The van der Waals surface area contributed by atoms with Gasteiger partial charge in [0.15, 0.2) is 6.10 Å². The molecule has 5 heteroatoms. The molecule has 5 nitrogen and oxygen atoms in total. The highest BCUT2D eigenvalue weighted by Crippen LogP contribution is 2.22. The Balaban J connectivity index is 2.83. The number of benzene rings is 1. The van der Waals surface area contributed by atoms with Gasteiger partial charge in [-0.25, -0.2) is 4.79 Å². The summed E-state index contributed by atoms with van der Waals surface area (Å²) in [6.07, 6.45) is -0.839. The van der Waals surface area contributed by atoms with Gasteiger partial charge in [-0.3, -0.25) is 4.79 Å². The van der Waals surface area contributed by atoms with Crippen LogP contribution in [0.5, 0.6) is 0 Å². The molecule has 1 aromatic rings. The molecule has 0 aliphatic rings. The number of hydrogen-bond donors (Lipinski definition) is 2. The standard InChI is InChI=1S/C14H18O5/c1-3-19-12(15)8-7-10-5-4-6-11(9(10)2)13(16)14(17)18/h4-6,13,16H,3,7-8H2,1-2H3,(H,17,18). The SMILES string of the molecule is CCOC(=O)CCc1cccc(C(O)C(=O)O)c1C. The summed E-state index contributed by atoms with van der Waals surface area (Å²) in [6, 6.07) is 5.06. The molecule has 0 saturated heterocycles. The number of carboxylic acid groups (broad SMARTS) is 1. The van der Waals surface area contributed by atoms with E-state index in [0.29, 0.717) is 24.2 Å². The second-order valence-corrected chi connectivity index (χ2v) is 4.18. The molecule has 0 bridgehead atoms. The van der Waals surface area contributed by atoms with Crippen molar-refractivity contribution in [1.82, 2.24) is 0 Å². The molecule has 2 N–H and O–H groups in total. The lowest BCUT2D eigenvalue weighted by molar-refractivity contribution is -0.147. The van der Waals surface area contributed by atoms with Gasteiger partial charge in [-0.2, -0.15) is 0 Å². The minimum atomic E-state index is -1.54. The third kappa shape index (κ3) is 4.06. The van der Waals surface area contributed by atoms with Crippen LogP contribution in [0.2, 0.25) is 0 Å². The van der Waals surface area contributed by atoms with Crippen LogP contribution in [0.1, 0.15) is 36.1 Å². The lowest BCUT2D eigenvalue weighted by Crippen LogP contribution is -2.13. The van der Waals surface area contributed by atoms with Crippen molar-refractivity contribution in [1.29, 1.82) is 0 Å². The Morgan fingerprint density at radius 1 is 1.37 bits per heavy atom. The molecule has 0 radical (unpaired) electrons. The molecular weight excluding hydrogens is 248 g/mol. The largest absolute Gasteiger partial charge is 0.479 e. The van der Waals surface area contributed by atoms with E-state index in [0.717, 1.165) is 5.56 Å². The van der Waals surface area contributed by atoms with Crippen LogP contribution in [0, 0.1) is 6.92 Å². The van der Waals surface area contributed by atoms with E-state index < -0.39 is 12.1 Å². The van der Waals surface area contributed by atoms with Crippen LogP contribution in [-0.4, -0.2) is 28.8 Å². The molecule has 0 saturated carbocycles. The van der Waals surface area contributed by atoms with Gasteiger partial charge in [0.2, 0.25) is 0 Å². The Kier molecular flexibility index (Phi) is 5.51. The van der Waals surface area contributed by atoms with Crippen LogP contribution in [0.4, 0.5) is 0 Å². The Hall–Kier alpha value is -1.88. The van der Waals surface area contributed by atoms with Crippen LogP contribution >= 0.6 is 0 Å².